The first-order valence-corrected chi connectivity index (χ1v) is 9.08. The smallest absolute Gasteiger partial charge is 0.133 e. The Morgan fingerprint density at radius 2 is 1.68 bits per heavy atom. The van der Waals surface area contributed by atoms with Gasteiger partial charge in [0.1, 0.15) is 5.82 Å². The van der Waals surface area contributed by atoms with Crippen LogP contribution in [-0.4, -0.2) is 22.7 Å². The van der Waals surface area contributed by atoms with Crippen LogP contribution in [0.15, 0.2) is 66.9 Å². The Hall–Kier alpha value is -2.39. The lowest BCUT2D eigenvalue weighted by Crippen LogP contribution is -2.39. The molecule has 1 aliphatic rings. The number of anilines is 1. The molecular weight excluding hydrogens is 308 g/mol. The van der Waals surface area contributed by atoms with Gasteiger partial charge in [0.2, 0.25) is 0 Å². The Labute approximate surface area is 148 Å². The molecule has 2 aromatic carbocycles. The molecule has 1 fully saturated rings. The van der Waals surface area contributed by atoms with Crippen molar-refractivity contribution in [3.63, 3.8) is 0 Å². The molecule has 0 saturated heterocycles. The zero-order valence-corrected chi connectivity index (χ0v) is 14.4. The van der Waals surface area contributed by atoms with Crippen LogP contribution in [0, 0.1) is 0 Å². The van der Waals surface area contributed by atoms with Gasteiger partial charge in [0.25, 0.3) is 0 Å². The van der Waals surface area contributed by atoms with E-state index in [1.54, 1.807) is 0 Å². The average molecular weight is 332 g/mol. The summed E-state index contributed by atoms with van der Waals surface area (Å²) in [7, 11) is 0. The summed E-state index contributed by atoms with van der Waals surface area (Å²) in [5, 5.41) is 16.0. The lowest BCUT2D eigenvalue weighted by atomic mass is 9.68. The van der Waals surface area contributed by atoms with E-state index in [-0.39, 0.29) is 11.5 Å². The zero-order valence-electron chi connectivity index (χ0n) is 14.4. The minimum atomic E-state index is -0.160. The number of pyridine rings is 1. The van der Waals surface area contributed by atoms with Crippen LogP contribution in [0.4, 0.5) is 5.82 Å². The second kappa shape index (κ2) is 6.85. The van der Waals surface area contributed by atoms with Crippen molar-refractivity contribution < 1.29 is 5.11 Å². The largest absolute Gasteiger partial charge is 0.393 e. The molecular formula is C22H24N2O. The highest BCUT2D eigenvalue weighted by molar-refractivity contribution is 5.91. The van der Waals surface area contributed by atoms with E-state index in [1.807, 2.05) is 12.3 Å². The monoisotopic (exact) mass is 332 g/mol. The normalized spacial score (nSPS) is 23.5. The molecule has 1 aliphatic carbocycles. The predicted molar refractivity (Wildman–Crippen MR) is 103 cm³/mol. The van der Waals surface area contributed by atoms with Gasteiger partial charge in [0.05, 0.1) is 6.10 Å². The molecule has 1 aromatic heterocycles. The summed E-state index contributed by atoms with van der Waals surface area (Å²) < 4.78 is 0. The molecule has 1 saturated carbocycles. The van der Waals surface area contributed by atoms with E-state index in [4.69, 9.17) is 0 Å². The molecule has 2 N–H and O–H groups in total. The van der Waals surface area contributed by atoms with Crippen molar-refractivity contribution in [2.24, 2.45) is 0 Å². The fourth-order valence-electron chi connectivity index (χ4n) is 4.03. The van der Waals surface area contributed by atoms with Gasteiger partial charge in [-0.15, -0.1) is 0 Å². The number of hydrogen-bond donors (Lipinski definition) is 2. The molecule has 3 heteroatoms. The van der Waals surface area contributed by atoms with Crippen LogP contribution < -0.4 is 5.32 Å². The number of nitrogens with one attached hydrogen (secondary N) is 1. The quantitative estimate of drug-likeness (QED) is 0.738. The number of aromatic nitrogens is 1. The van der Waals surface area contributed by atoms with E-state index in [9.17, 15) is 5.11 Å². The number of aliphatic hydroxyl groups excluding tert-OH is 1. The van der Waals surface area contributed by atoms with Crippen molar-refractivity contribution in [2.45, 2.75) is 37.2 Å². The van der Waals surface area contributed by atoms with Crippen LogP contribution in [0.25, 0.3) is 10.8 Å². The van der Waals surface area contributed by atoms with Gasteiger partial charge in [-0.25, -0.2) is 4.98 Å². The summed E-state index contributed by atoms with van der Waals surface area (Å²) in [5.41, 5.74) is 1.41. The summed E-state index contributed by atoms with van der Waals surface area (Å²) in [5.74, 6) is 0.944. The van der Waals surface area contributed by atoms with Gasteiger partial charge >= 0.3 is 0 Å². The third kappa shape index (κ3) is 3.24. The minimum Gasteiger partial charge on any atom is -0.393 e. The van der Waals surface area contributed by atoms with Gasteiger partial charge in [-0.05, 0) is 42.7 Å². The Bertz CT molecular complexity index is 834. The molecule has 128 valence electrons. The average Bonchev–Trinajstić information content (AvgIpc) is 2.68. The highest BCUT2D eigenvalue weighted by Gasteiger charge is 2.36. The van der Waals surface area contributed by atoms with Gasteiger partial charge in [-0.3, -0.25) is 0 Å². The van der Waals surface area contributed by atoms with Crippen LogP contribution in [0.2, 0.25) is 0 Å². The maximum Gasteiger partial charge on any atom is 0.133 e. The molecule has 4 rings (SSSR count). The second-order valence-corrected chi connectivity index (χ2v) is 7.11. The first-order chi connectivity index (χ1) is 12.3. The van der Waals surface area contributed by atoms with E-state index in [0.29, 0.717) is 0 Å². The highest BCUT2D eigenvalue weighted by atomic mass is 16.3. The first-order valence-electron chi connectivity index (χ1n) is 9.08. The molecule has 0 amide bonds. The molecule has 3 aromatic rings. The summed E-state index contributed by atoms with van der Waals surface area (Å²) in [4.78, 5) is 4.57. The second-order valence-electron chi connectivity index (χ2n) is 7.11. The van der Waals surface area contributed by atoms with E-state index in [2.05, 4.69) is 64.9 Å². The number of nitrogens with zero attached hydrogens (tertiary/aromatic N) is 1. The van der Waals surface area contributed by atoms with Gasteiger partial charge in [0, 0.05) is 23.5 Å². The van der Waals surface area contributed by atoms with Crippen LogP contribution >= 0.6 is 0 Å². The van der Waals surface area contributed by atoms with Gasteiger partial charge in [0.15, 0.2) is 0 Å². The molecule has 0 atom stereocenters. The number of hydrogen-bond acceptors (Lipinski definition) is 3. The lowest BCUT2D eigenvalue weighted by Gasteiger charge is -2.40. The summed E-state index contributed by atoms with van der Waals surface area (Å²) in [6.07, 6.45) is 5.42. The lowest BCUT2D eigenvalue weighted by molar-refractivity contribution is 0.0987. The topological polar surface area (TPSA) is 45.1 Å². The van der Waals surface area contributed by atoms with E-state index >= 15 is 0 Å². The van der Waals surface area contributed by atoms with E-state index in [0.717, 1.165) is 43.4 Å². The van der Waals surface area contributed by atoms with E-state index in [1.165, 1.54) is 10.9 Å². The maximum absolute atomic E-state index is 9.98. The molecule has 3 nitrogen and oxygen atoms in total. The third-order valence-electron chi connectivity index (χ3n) is 5.57. The van der Waals surface area contributed by atoms with Crippen LogP contribution in [0.1, 0.15) is 31.2 Å². The molecule has 25 heavy (non-hydrogen) atoms. The molecule has 0 bridgehead atoms. The summed E-state index contributed by atoms with van der Waals surface area (Å²) in [6.45, 7) is 0.838. The Kier molecular flexibility index (Phi) is 4.41. The van der Waals surface area contributed by atoms with Crippen LogP contribution in [-0.2, 0) is 5.41 Å². The van der Waals surface area contributed by atoms with Crippen LogP contribution in [0.5, 0.6) is 0 Å². The minimum absolute atomic E-state index is 0.0547. The van der Waals surface area contributed by atoms with Gasteiger partial charge in [-0.2, -0.15) is 0 Å². The van der Waals surface area contributed by atoms with Gasteiger partial charge in [-0.1, -0.05) is 54.6 Å². The van der Waals surface area contributed by atoms with Crippen molar-refractivity contribution >= 4 is 16.6 Å². The predicted octanol–water partition coefficient (Wildman–Crippen LogP) is 4.52. The fraction of sp³-hybridized carbons (Fsp3) is 0.318. The van der Waals surface area contributed by atoms with Crippen LogP contribution in [0.3, 0.4) is 0 Å². The van der Waals surface area contributed by atoms with Crippen molar-refractivity contribution in [3.05, 3.63) is 72.4 Å². The number of rotatable bonds is 4. The number of benzene rings is 2. The number of fused-ring (bicyclic) bond motifs is 1. The van der Waals surface area contributed by atoms with E-state index < -0.39 is 0 Å². The standard InChI is InChI=1S/C22H24N2O/c25-19-10-13-22(14-11-19,18-7-2-1-3-8-18)16-24-21-20-9-5-4-6-17(20)12-15-23-21/h1-9,12,15,19,25H,10-11,13-14,16H2,(H,23,24)/t19-,22+. The van der Waals surface area contributed by atoms with Crippen molar-refractivity contribution in [3.8, 4) is 0 Å². The summed E-state index contributed by atoms with van der Waals surface area (Å²) in [6, 6.07) is 21.1. The first kappa shape index (κ1) is 16.1. The Balaban J connectivity index is 1.63. The van der Waals surface area contributed by atoms with Gasteiger partial charge < -0.3 is 10.4 Å². The molecule has 0 unspecified atom stereocenters. The highest BCUT2D eigenvalue weighted by Crippen LogP contribution is 2.40. The van der Waals surface area contributed by atoms with Crippen molar-refractivity contribution in [1.82, 2.24) is 4.98 Å². The molecule has 0 aliphatic heterocycles. The number of aliphatic hydroxyl groups is 1. The maximum atomic E-state index is 9.98. The summed E-state index contributed by atoms with van der Waals surface area (Å²) >= 11 is 0. The van der Waals surface area contributed by atoms with Crippen molar-refractivity contribution in [1.29, 1.82) is 0 Å². The molecule has 0 spiro atoms. The Morgan fingerprint density at radius 1 is 0.960 bits per heavy atom. The SMILES string of the molecule is O[C@H]1CC[C@@](CNc2nccc3ccccc23)(c2ccccc2)CC1. The third-order valence-corrected chi connectivity index (χ3v) is 5.57. The Morgan fingerprint density at radius 3 is 2.48 bits per heavy atom. The van der Waals surface area contributed by atoms with Crippen molar-refractivity contribution in [2.75, 3.05) is 11.9 Å². The fourth-order valence-corrected chi connectivity index (χ4v) is 4.03. The molecule has 1 heterocycles. The molecule has 0 radical (unpaired) electrons. The zero-order chi connectivity index (χ0) is 17.1.